The van der Waals surface area contributed by atoms with Crippen LogP contribution in [0.1, 0.15) is 18.1 Å². The molecule has 19 heavy (non-hydrogen) atoms. The molecule has 3 N–H and O–H groups in total. The van der Waals surface area contributed by atoms with Crippen molar-refractivity contribution in [3.8, 4) is 0 Å². The van der Waals surface area contributed by atoms with Gasteiger partial charge in [0, 0.05) is 31.2 Å². The van der Waals surface area contributed by atoms with Crippen LogP contribution in [-0.2, 0) is 6.54 Å². The molecule has 4 heteroatoms. The lowest BCUT2D eigenvalue weighted by atomic mass is 10.1. The van der Waals surface area contributed by atoms with Gasteiger partial charge in [-0.3, -0.25) is 10.3 Å². The van der Waals surface area contributed by atoms with Crippen LogP contribution < -0.4 is 5.73 Å². The Labute approximate surface area is 115 Å². The van der Waals surface area contributed by atoms with Gasteiger partial charge in [-0.05, 0) is 31.6 Å². The van der Waals surface area contributed by atoms with Crippen LogP contribution in [-0.4, -0.2) is 48.9 Å². The maximum Gasteiger partial charge on any atom is 0.122 e. The highest BCUT2D eigenvalue weighted by Crippen LogP contribution is 2.22. The number of nitrogens with one attached hydrogen (secondary N) is 1. The van der Waals surface area contributed by atoms with E-state index in [1.165, 1.54) is 5.56 Å². The standard InChI is InChI=1S/C15H24N4/c1-11-8-19(10-14(11)18(2)3)9-12-5-4-6-13(7-12)15(16)17/h4-7,11,14H,8-10H2,1-3H3,(H3,16,17). The van der Waals surface area contributed by atoms with E-state index in [1.807, 2.05) is 18.2 Å². The van der Waals surface area contributed by atoms with Crippen molar-refractivity contribution < 1.29 is 0 Å². The zero-order chi connectivity index (χ0) is 14.0. The maximum absolute atomic E-state index is 7.49. The lowest BCUT2D eigenvalue weighted by Gasteiger charge is -2.22. The molecule has 0 amide bonds. The van der Waals surface area contributed by atoms with E-state index in [0.29, 0.717) is 12.0 Å². The van der Waals surface area contributed by atoms with E-state index in [2.05, 4.69) is 36.9 Å². The zero-order valence-electron chi connectivity index (χ0n) is 12.1. The fraction of sp³-hybridized carbons (Fsp3) is 0.533. The van der Waals surface area contributed by atoms with Crippen molar-refractivity contribution in [3.05, 3.63) is 35.4 Å². The van der Waals surface area contributed by atoms with Gasteiger partial charge in [0.05, 0.1) is 0 Å². The highest BCUT2D eigenvalue weighted by molar-refractivity contribution is 5.95. The van der Waals surface area contributed by atoms with E-state index in [9.17, 15) is 0 Å². The number of nitrogen functional groups attached to an aromatic ring is 1. The summed E-state index contributed by atoms with van der Waals surface area (Å²) in [5.74, 6) is 0.841. The minimum absolute atomic E-state index is 0.141. The first kappa shape index (κ1) is 14.0. The Morgan fingerprint density at radius 1 is 1.42 bits per heavy atom. The number of likely N-dealkylation sites (N-methyl/N-ethyl adjacent to an activating group) is 1. The van der Waals surface area contributed by atoms with Gasteiger partial charge in [-0.25, -0.2) is 0 Å². The van der Waals surface area contributed by atoms with Crippen molar-refractivity contribution in [2.45, 2.75) is 19.5 Å². The number of amidine groups is 1. The minimum Gasteiger partial charge on any atom is -0.384 e. The molecule has 0 aromatic heterocycles. The molecule has 1 aliphatic rings. The van der Waals surface area contributed by atoms with Gasteiger partial charge < -0.3 is 10.6 Å². The van der Waals surface area contributed by atoms with E-state index < -0.39 is 0 Å². The predicted octanol–water partition coefficient (Wildman–Crippen LogP) is 1.35. The largest absolute Gasteiger partial charge is 0.384 e. The summed E-state index contributed by atoms with van der Waals surface area (Å²) in [4.78, 5) is 4.80. The fourth-order valence-electron chi connectivity index (χ4n) is 2.94. The van der Waals surface area contributed by atoms with Crippen LogP contribution in [0.4, 0.5) is 0 Å². The Balaban J connectivity index is 2.02. The van der Waals surface area contributed by atoms with Crippen LogP contribution in [0, 0.1) is 11.3 Å². The third kappa shape index (κ3) is 3.33. The Morgan fingerprint density at radius 2 is 2.16 bits per heavy atom. The Morgan fingerprint density at radius 3 is 2.74 bits per heavy atom. The number of nitrogens with zero attached hydrogens (tertiary/aromatic N) is 2. The van der Waals surface area contributed by atoms with Crippen LogP contribution in [0.25, 0.3) is 0 Å². The van der Waals surface area contributed by atoms with E-state index in [0.717, 1.165) is 25.2 Å². The fourth-order valence-corrected chi connectivity index (χ4v) is 2.94. The molecule has 1 aromatic carbocycles. The van der Waals surface area contributed by atoms with E-state index in [4.69, 9.17) is 11.1 Å². The summed E-state index contributed by atoms with van der Waals surface area (Å²) in [6.07, 6.45) is 0. The van der Waals surface area contributed by atoms with E-state index in [-0.39, 0.29) is 5.84 Å². The number of hydrogen-bond acceptors (Lipinski definition) is 3. The second-order valence-corrected chi connectivity index (χ2v) is 5.82. The summed E-state index contributed by atoms with van der Waals surface area (Å²) in [5.41, 5.74) is 7.59. The molecule has 4 nitrogen and oxygen atoms in total. The maximum atomic E-state index is 7.49. The molecule has 2 unspecified atom stereocenters. The van der Waals surface area contributed by atoms with Gasteiger partial charge in [0.15, 0.2) is 0 Å². The van der Waals surface area contributed by atoms with Crippen LogP contribution in [0.5, 0.6) is 0 Å². The van der Waals surface area contributed by atoms with Crippen molar-refractivity contribution >= 4 is 5.84 Å². The summed E-state index contributed by atoms with van der Waals surface area (Å²) < 4.78 is 0. The molecule has 0 aliphatic carbocycles. The quantitative estimate of drug-likeness (QED) is 0.635. The predicted molar refractivity (Wildman–Crippen MR) is 79.4 cm³/mol. The molecule has 1 aliphatic heterocycles. The number of benzene rings is 1. The normalized spacial score (nSPS) is 24.0. The molecule has 104 valence electrons. The summed E-state index contributed by atoms with van der Waals surface area (Å²) in [7, 11) is 4.31. The minimum atomic E-state index is 0.141. The number of hydrogen-bond donors (Lipinski definition) is 2. The SMILES string of the molecule is CC1CN(Cc2cccc(C(=N)N)c2)CC1N(C)C. The van der Waals surface area contributed by atoms with Gasteiger partial charge >= 0.3 is 0 Å². The smallest absolute Gasteiger partial charge is 0.122 e. The zero-order valence-corrected chi connectivity index (χ0v) is 12.1. The Kier molecular flexibility index (Phi) is 4.22. The van der Waals surface area contributed by atoms with E-state index in [1.54, 1.807) is 0 Å². The average Bonchev–Trinajstić information content (AvgIpc) is 2.70. The van der Waals surface area contributed by atoms with Crippen molar-refractivity contribution in [1.82, 2.24) is 9.80 Å². The van der Waals surface area contributed by atoms with Gasteiger partial charge in [-0.2, -0.15) is 0 Å². The lowest BCUT2D eigenvalue weighted by molar-refractivity contribution is 0.250. The molecule has 1 fully saturated rings. The van der Waals surface area contributed by atoms with Gasteiger partial charge in [0.2, 0.25) is 0 Å². The van der Waals surface area contributed by atoms with Gasteiger partial charge in [0.1, 0.15) is 5.84 Å². The Bertz CT molecular complexity index is 455. The molecule has 0 saturated carbocycles. The third-order valence-corrected chi connectivity index (χ3v) is 3.96. The molecule has 1 heterocycles. The van der Waals surface area contributed by atoms with Gasteiger partial charge in [-0.15, -0.1) is 0 Å². The molecular weight excluding hydrogens is 236 g/mol. The van der Waals surface area contributed by atoms with Crippen molar-refractivity contribution in [2.75, 3.05) is 27.2 Å². The first-order chi connectivity index (χ1) is 8.97. The van der Waals surface area contributed by atoms with Gasteiger partial charge in [0.25, 0.3) is 0 Å². The second kappa shape index (κ2) is 5.72. The Hall–Kier alpha value is -1.39. The highest BCUT2D eigenvalue weighted by Gasteiger charge is 2.30. The van der Waals surface area contributed by atoms with Crippen LogP contribution in [0.3, 0.4) is 0 Å². The average molecular weight is 260 g/mol. The molecule has 2 rings (SSSR count). The number of nitrogens with two attached hydrogens (primary N) is 1. The molecule has 2 atom stereocenters. The third-order valence-electron chi connectivity index (χ3n) is 3.96. The molecule has 1 aromatic rings. The second-order valence-electron chi connectivity index (χ2n) is 5.82. The van der Waals surface area contributed by atoms with Gasteiger partial charge in [-0.1, -0.05) is 25.1 Å². The van der Waals surface area contributed by atoms with Crippen LogP contribution >= 0.6 is 0 Å². The molecule has 0 radical (unpaired) electrons. The number of rotatable bonds is 4. The summed E-state index contributed by atoms with van der Waals surface area (Å²) in [6, 6.07) is 8.64. The van der Waals surface area contributed by atoms with Crippen LogP contribution in [0.15, 0.2) is 24.3 Å². The molecular formula is C15H24N4. The van der Waals surface area contributed by atoms with E-state index >= 15 is 0 Å². The number of likely N-dealkylation sites (tertiary alicyclic amines) is 1. The summed E-state index contributed by atoms with van der Waals surface area (Å²) in [6.45, 7) is 5.50. The summed E-state index contributed by atoms with van der Waals surface area (Å²) >= 11 is 0. The van der Waals surface area contributed by atoms with Crippen LogP contribution in [0.2, 0.25) is 0 Å². The topological polar surface area (TPSA) is 56.4 Å². The molecule has 1 saturated heterocycles. The molecule has 0 spiro atoms. The summed E-state index contributed by atoms with van der Waals surface area (Å²) in [5, 5.41) is 7.49. The van der Waals surface area contributed by atoms with Crippen molar-refractivity contribution in [2.24, 2.45) is 11.7 Å². The highest BCUT2D eigenvalue weighted by atomic mass is 15.2. The molecule has 0 bridgehead atoms. The first-order valence-electron chi connectivity index (χ1n) is 6.79. The monoisotopic (exact) mass is 260 g/mol. The lowest BCUT2D eigenvalue weighted by Crippen LogP contribution is -2.34. The van der Waals surface area contributed by atoms with Crippen molar-refractivity contribution in [1.29, 1.82) is 5.41 Å². The first-order valence-corrected chi connectivity index (χ1v) is 6.79. The van der Waals surface area contributed by atoms with Crippen molar-refractivity contribution in [3.63, 3.8) is 0 Å².